The molecule has 0 radical (unpaired) electrons. The number of benzene rings is 1. The lowest BCUT2D eigenvalue weighted by Crippen LogP contribution is -2.09. The molecule has 0 saturated heterocycles. The number of carboxylic acids is 1. The maximum absolute atomic E-state index is 12.0. The van der Waals surface area contributed by atoms with Gasteiger partial charge in [0, 0.05) is 0 Å². The lowest BCUT2D eigenvalue weighted by molar-refractivity contribution is 0.0697. The van der Waals surface area contributed by atoms with Crippen molar-refractivity contribution in [2.24, 2.45) is 5.92 Å². The molecule has 6 heteroatoms. The molecule has 0 heterocycles. The quantitative estimate of drug-likeness (QED) is 0.875. The predicted octanol–water partition coefficient (Wildman–Crippen LogP) is 3.25. The van der Waals surface area contributed by atoms with Gasteiger partial charge in [0.25, 0.3) is 0 Å². The minimum atomic E-state index is -3.40. The average molecular weight is 305 g/mol. The van der Waals surface area contributed by atoms with Gasteiger partial charge in [-0.1, -0.05) is 25.4 Å². The summed E-state index contributed by atoms with van der Waals surface area (Å²) in [5, 5.41) is 8.77. The first-order valence-electron chi connectivity index (χ1n) is 5.99. The van der Waals surface area contributed by atoms with E-state index in [0.717, 1.165) is 6.42 Å². The first-order chi connectivity index (χ1) is 8.74. The van der Waals surface area contributed by atoms with Crippen LogP contribution in [0.2, 0.25) is 5.02 Å². The van der Waals surface area contributed by atoms with Crippen molar-refractivity contribution in [2.75, 3.05) is 5.75 Å². The molecule has 4 nitrogen and oxygen atoms in total. The molecule has 19 heavy (non-hydrogen) atoms. The summed E-state index contributed by atoms with van der Waals surface area (Å²) in [5.41, 5.74) is -0.0946. The van der Waals surface area contributed by atoms with Crippen LogP contribution < -0.4 is 0 Å². The Bertz CT molecular complexity index is 564. The molecular weight excluding hydrogens is 288 g/mol. The van der Waals surface area contributed by atoms with E-state index in [1.54, 1.807) is 0 Å². The molecule has 0 aliphatic carbocycles. The molecule has 0 fully saturated rings. The normalized spacial score (nSPS) is 11.8. The molecule has 0 aromatic heterocycles. The van der Waals surface area contributed by atoms with Crippen LogP contribution in [-0.2, 0) is 9.84 Å². The number of carboxylic acid groups (broad SMARTS) is 1. The van der Waals surface area contributed by atoms with Gasteiger partial charge in [0.05, 0.1) is 21.2 Å². The van der Waals surface area contributed by atoms with Crippen molar-refractivity contribution < 1.29 is 18.3 Å². The third-order valence-electron chi connectivity index (χ3n) is 2.72. The highest BCUT2D eigenvalue weighted by Gasteiger charge is 2.17. The van der Waals surface area contributed by atoms with E-state index in [1.807, 2.05) is 13.8 Å². The highest BCUT2D eigenvalue weighted by atomic mass is 35.5. The third-order valence-corrected chi connectivity index (χ3v) is 4.84. The van der Waals surface area contributed by atoms with Gasteiger partial charge in [0.1, 0.15) is 0 Å². The largest absolute Gasteiger partial charge is 0.478 e. The van der Waals surface area contributed by atoms with Crippen LogP contribution in [0.4, 0.5) is 0 Å². The smallest absolute Gasteiger partial charge is 0.337 e. The maximum Gasteiger partial charge on any atom is 0.337 e. The highest BCUT2D eigenvalue weighted by Crippen LogP contribution is 2.22. The molecule has 1 aromatic carbocycles. The summed E-state index contributed by atoms with van der Waals surface area (Å²) in [5.74, 6) is -0.671. The second kappa shape index (κ2) is 6.39. The summed E-state index contributed by atoms with van der Waals surface area (Å²) >= 11 is 5.77. The van der Waals surface area contributed by atoms with E-state index in [-0.39, 0.29) is 21.2 Å². The molecule has 0 amide bonds. The van der Waals surface area contributed by atoms with E-state index in [0.29, 0.717) is 12.3 Å². The van der Waals surface area contributed by atoms with Gasteiger partial charge in [-0.15, -0.1) is 0 Å². The SMILES string of the molecule is CC(C)CCCS(=O)(=O)c1ccc(C(=O)O)c(Cl)c1. The molecule has 0 aliphatic heterocycles. The van der Waals surface area contributed by atoms with Crippen molar-refractivity contribution in [1.82, 2.24) is 0 Å². The topological polar surface area (TPSA) is 71.4 Å². The standard InChI is InChI=1S/C13H17ClO4S/c1-9(2)4-3-7-19(17,18)10-5-6-11(13(15)16)12(14)8-10/h5-6,8-9H,3-4,7H2,1-2H3,(H,15,16). The van der Waals surface area contributed by atoms with E-state index < -0.39 is 15.8 Å². The molecule has 0 aliphatic rings. The second-order valence-electron chi connectivity index (χ2n) is 4.80. The van der Waals surface area contributed by atoms with Gasteiger partial charge in [-0.25, -0.2) is 13.2 Å². The zero-order valence-electron chi connectivity index (χ0n) is 10.9. The van der Waals surface area contributed by atoms with Crippen LogP contribution in [0.3, 0.4) is 0 Å². The number of halogens is 1. The number of hydrogen-bond donors (Lipinski definition) is 1. The Kier molecular flexibility index (Phi) is 5.38. The average Bonchev–Trinajstić information content (AvgIpc) is 2.27. The van der Waals surface area contributed by atoms with Crippen LogP contribution in [0.15, 0.2) is 23.1 Å². The van der Waals surface area contributed by atoms with Gasteiger partial charge >= 0.3 is 5.97 Å². The number of sulfone groups is 1. The fraction of sp³-hybridized carbons (Fsp3) is 0.462. The molecule has 1 rings (SSSR count). The second-order valence-corrected chi connectivity index (χ2v) is 7.32. The van der Waals surface area contributed by atoms with Gasteiger partial charge in [-0.2, -0.15) is 0 Å². The Balaban J connectivity index is 2.90. The molecule has 0 saturated carbocycles. The fourth-order valence-electron chi connectivity index (χ4n) is 1.66. The van der Waals surface area contributed by atoms with Crippen LogP contribution in [0.5, 0.6) is 0 Å². The summed E-state index contributed by atoms with van der Waals surface area (Å²) in [6.07, 6.45) is 1.42. The van der Waals surface area contributed by atoms with E-state index in [4.69, 9.17) is 16.7 Å². The molecular formula is C13H17ClO4S. The van der Waals surface area contributed by atoms with Crippen molar-refractivity contribution in [2.45, 2.75) is 31.6 Å². The number of rotatable bonds is 6. The Labute approximate surface area is 118 Å². The first kappa shape index (κ1) is 16.0. The van der Waals surface area contributed by atoms with Crippen LogP contribution in [-0.4, -0.2) is 25.2 Å². The van der Waals surface area contributed by atoms with Crippen LogP contribution >= 0.6 is 11.6 Å². The minimum absolute atomic E-state index is 0.0495. The molecule has 1 aromatic rings. The Morgan fingerprint density at radius 3 is 2.47 bits per heavy atom. The number of carbonyl (C=O) groups is 1. The van der Waals surface area contributed by atoms with Gasteiger partial charge in [0.15, 0.2) is 9.84 Å². The zero-order chi connectivity index (χ0) is 14.6. The van der Waals surface area contributed by atoms with Gasteiger partial charge in [-0.3, -0.25) is 0 Å². The van der Waals surface area contributed by atoms with Crippen LogP contribution in [0.25, 0.3) is 0 Å². The van der Waals surface area contributed by atoms with Crippen molar-refractivity contribution in [3.63, 3.8) is 0 Å². The summed E-state index contributed by atoms with van der Waals surface area (Å²) in [6.45, 7) is 4.07. The molecule has 106 valence electrons. The van der Waals surface area contributed by atoms with Crippen molar-refractivity contribution >= 4 is 27.4 Å². The minimum Gasteiger partial charge on any atom is -0.478 e. The Hall–Kier alpha value is -1.07. The van der Waals surface area contributed by atoms with Crippen molar-refractivity contribution in [1.29, 1.82) is 0 Å². The summed E-state index contributed by atoms with van der Waals surface area (Å²) in [4.78, 5) is 10.9. The van der Waals surface area contributed by atoms with E-state index >= 15 is 0 Å². The predicted molar refractivity (Wildman–Crippen MR) is 74.5 cm³/mol. The third kappa shape index (κ3) is 4.51. The van der Waals surface area contributed by atoms with Gasteiger partial charge < -0.3 is 5.11 Å². The lowest BCUT2D eigenvalue weighted by atomic mass is 10.1. The summed E-state index contributed by atoms with van der Waals surface area (Å²) in [6, 6.07) is 3.72. The molecule has 0 atom stereocenters. The zero-order valence-corrected chi connectivity index (χ0v) is 12.5. The highest BCUT2D eigenvalue weighted by molar-refractivity contribution is 7.91. The van der Waals surface area contributed by atoms with Gasteiger partial charge in [-0.05, 0) is 37.0 Å². The Morgan fingerprint density at radius 1 is 1.37 bits per heavy atom. The van der Waals surface area contributed by atoms with E-state index in [1.165, 1.54) is 18.2 Å². The number of aromatic carboxylic acids is 1. The van der Waals surface area contributed by atoms with Gasteiger partial charge in [0.2, 0.25) is 0 Å². The Morgan fingerprint density at radius 2 is 2.00 bits per heavy atom. The summed E-state index contributed by atoms with van der Waals surface area (Å²) < 4.78 is 24.1. The molecule has 0 bridgehead atoms. The molecule has 1 N–H and O–H groups in total. The lowest BCUT2D eigenvalue weighted by Gasteiger charge is -2.07. The van der Waals surface area contributed by atoms with E-state index in [2.05, 4.69) is 0 Å². The van der Waals surface area contributed by atoms with Crippen LogP contribution in [0, 0.1) is 5.92 Å². The monoisotopic (exact) mass is 304 g/mol. The fourth-order valence-corrected chi connectivity index (χ4v) is 3.34. The maximum atomic E-state index is 12.0. The molecule has 0 unspecified atom stereocenters. The van der Waals surface area contributed by atoms with Crippen LogP contribution in [0.1, 0.15) is 37.0 Å². The van der Waals surface area contributed by atoms with Crippen molar-refractivity contribution in [3.8, 4) is 0 Å². The number of hydrogen-bond acceptors (Lipinski definition) is 3. The first-order valence-corrected chi connectivity index (χ1v) is 8.02. The van der Waals surface area contributed by atoms with Crippen molar-refractivity contribution in [3.05, 3.63) is 28.8 Å². The van der Waals surface area contributed by atoms with E-state index in [9.17, 15) is 13.2 Å². The molecule has 0 spiro atoms. The summed E-state index contributed by atoms with van der Waals surface area (Å²) in [7, 11) is -3.40.